The lowest BCUT2D eigenvalue weighted by molar-refractivity contribution is 0.340. The molecule has 0 unspecified atom stereocenters. The molecule has 0 amide bonds. The fourth-order valence-corrected chi connectivity index (χ4v) is 1.29. The van der Waals surface area contributed by atoms with Crippen molar-refractivity contribution in [3.05, 3.63) is 30.1 Å². The molecule has 16 heavy (non-hydrogen) atoms. The van der Waals surface area contributed by atoms with E-state index >= 15 is 0 Å². The zero-order chi connectivity index (χ0) is 11.4. The zero-order valence-corrected chi connectivity index (χ0v) is 9.21. The van der Waals surface area contributed by atoms with Crippen molar-refractivity contribution in [2.75, 3.05) is 6.61 Å². The largest absolute Gasteiger partial charge is 0.494 e. The van der Waals surface area contributed by atoms with Crippen molar-refractivity contribution in [1.29, 1.82) is 0 Å². The molecular formula is C11H12N4O. The lowest BCUT2D eigenvalue weighted by Crippen LogP contribution is -1.99. The minimum Gasteiger partial charge on any atom is -0.494 e. The van der Waals surface area contributed by atoms with E-state index in [2.05, 4.69) is 20.4 Å². The fraction of sp³-hybridized carbons (Fsp3) is 0.273. The Kier molecular flexibility index (Phi) is 3.05. The van der Waals surface area contributed by atoms with Crippen LogP contribution in [0.15, 0.2) is 24.3 Å². The van der Waals surface area contributed by atoms with Crippen molar-refractivity contribution in [2.45, 2.75) is 13.8 Å². The van der Waals surface area contributed by atoms with Crippen LogP contribution in [0.25, 0.3) is 11.4 Å². The Morgan fingerprint density at radius 1 is 1.12 bits per heavy atom. The second kappa shape index (κ2) is 4.65. The first-order valence-electron chi connectivity index (χ1n) is 5.07. The molecule has 1 aromatic heterocycles. The van der Waals surface area contributed by atoms with Crippen LogP contribution in [0, 0.1) is 6.92 Å². The molecule has 1 heterocycles. The maximum atomic E-state index is 5.40. The average molecular weight is 216 g/mol. The standard InChI is InChI=1S/C11H12N4O/c1-3-16-10-6-4-5-9(7-10)11-14-12-8(2)13-15-11/h4-7H,3H2,1-2H3. The highest BCUT2D eigenvalue weighted by Gasteiger charge is 2.03. The van der Waals surface area contributed by atoms with Gasteiger partial charge in [-0.15, -0.1) is 20.4 Å². The molecule has 0 saturated carbocycles. The molecule has 0 saturated heterocycles. The molecule has 2 rings (SSSR count). The summed E-state index contributed by atoms with van der Waals surface area (Å²) in [5.41, 5.74) is 0.853. The van der Waals surface area contributed by atoms with Gasteiger partial charge in [0.05, 0.1) is 6.61 Å². The highest BCUT2D eigenvalue weighted by atomic mass is 16.5. The zero-order valence-electron chi connectivity index (χ0n) is 9.21. The van der Waals surface area contributed by atoms with Crippen LogP contribution in [-0.4, -0.2) is 27.0 Å². The summed E-state index contributed by atoms with van der Waals surface area (Å²) in [5.74, 6) is 1.86. The predicted octanol–water partition coefficient (Wildman–Crippen LogP) is 1.64. The van der Waals surface area contributed by atoms with E-state index < -0.39 is 0 Å². The number of ether oxygens (including phenoxy) is 1. The van der Waals surface area contributed by atoms with Gasteiger partial charge in [0.25, 0.3) is 0 Å². The van der Waals surface area contributed by atoms with Gasteiger partial charge in [-0.2, -0.15) is 0 Å². The topological polar surface area (TPSA) is 60.8 Å². The number of hydrogen-bond donors (Lipinski definition) is 0. The quantitative estimate of drug-likeness (QED) is 0.780. The van der Waals surface area contributed by atoms with Crippen molar-refractivity contribution in [1.82, 2.24) is 20.4 Å². The number of rotatable bonds is 3. The van der Waals surface area contributed by atoms with Crippen LogP contribution in [0.2, 0.25) is 0 Å². The molecule has 0 radical (unpaired) electrons. The monoisotopic (exact) mass is 216 g/mol. The summed E-state index contributed by atoms with van der Waals surface area (Å²) in [6.07, 6.45) is 0. The van der Waals surface area contributed by atoms with Gasteiger partial charge in [-0.3, -0.25) is 0 Å². The molecule has 0 aliphatic heterocycles. The molecule has 0 fully saturated rings. The lowest BCUT2D eigenvalue weighted by atomic mass is 10.2. The fourth-order valence-electron chi connectivity index (χ4n) is 1.29. The number of nitrogens with zero attached hydrogens (tertiary/aromatic N) is 4. The molecule has 5 nitrogen and oxygen atoms in total. The Labute approximate surface area is 93.5 Å². The second-order valence-corrected chi connectivity index (χ2v) is 3.23. The molecular weight excluding hydrogens is 204 g/mol. The highest BCUT2D eigenvalue weighted by Crippen LogP contribution is 2.19. The Hall–Kier alpha value is -2.04. The van der Waals surface area contributed by atoms with Crippen molar-refractivity contribution in [3.63, 3.8) is 0 Å². The van der Waals surface area contributed by atoms with E-state index in [0.717, 1.165) is 11.3 Å². The van der Waals surface area contributed by atoms with Crippen molar-refractivity contribution < 1.29 is 4.74 Å². The normalized spacial score (nSPS) is 10.1. The SMILES string of the molecule is CCOc1cccc(-c2nnc(C)nn2)c1. The van der Waals surface area contributed by atoms with Crippen LogP contribution in [0.1, 0.15) is 12.7 Å². The van der Waals surface area contributed by atoms with Gasteiger partial charge in [-0.05, 0) is 26.0 Å². The summed E-state index contributed by atoms with van der Waals surface area (Å²) in [6.45, 7) is 4.33. The smallest absolute Gasteiger partial charge is 0.203 e. The van der Waals surface area contributed by atoms with Crippen molar-refractivity contribution >= 4 is 0 Å². The molecule has 0 aliphatic rings. The van der Waals surface area contributed by atoms with Crippen LogP contribution in [0.3, 0.4) is 0 Å². The highest BCUT2D eigenvalue weighted by molar-refractivity contribution is 5.56. The van der Waals surface area contributed by atoms with Gasteiger partial charge in [-0.1, -0.05) is 12.1 Å². The van der Waals surface area contributed by atoms with Crippen LogP contribution < -0.4 is 4.74 Å². The molecule has 2 aromatic rings. The number of aryl methyl sites for hydroxylation is 1. The van der Waals surface area contributed by atoms with Crippen LogP contribution >= 0.6 is 0 Å². The van der Waals surface area contributed by atoms with E-state index in [1.165, 1.54) is 0 Å². The van der Waals surface area contributed by atoms with E-state index in [1.54, 1.807) is 6.92 Å². The Morgan fingerprint density at radius 2 is 1.88 bits per heavy atom. The first-order valence-corrected chi connectivity index (χ1v) is 5.07. The third-order valence-corrected chi connectivity index (χ3v) is 1.98. The summed E-state index contributed by atoms with van der Waals surface area (Å²) in [6, 6.07) is 7.56. The third kappa shape index (κ3) is 2.31. The molecule has 1 aromatic carbocycles. The van der Waals surface area contributed by atoms with E-state index in [-0.39, 0.29) is 0 Å². The Morgan fingerprint density at radius 3 is 2.56 bits per heavy atom. The van der Waals surface area contributed by atoms with Crippen LogP contribution in [-0.2, 0) is 0 Å². The Bertz CT molecular complexity index is 470. The predicted molar refractivity (Wildman–Crippen MR) is 59.0 cm³/mol. The van der Waals surface area contributed by atoms with E-state index in [1.807, 2.05) is 31.2 Å². The molecule has 5 heteroatoms. The van der Waals surface area contributed by atoms with Gasteiger partial charge in [0.2, 0.25) is 5.82 Å². The minimum atomic E-state index is 0.507. The van der Waals surface area contributed by atoms with Gasteiger partial charge in [-0.25, -0.2) is 0 Å². The summed E-state index contributed by atoms with van der Waals surface area (Å²) < 4.78 is 5.40. The van der Waals surface area contributed by atoms with Gasteiger partial charge >= 0.3 is 0 Å². The number of hydrogen-bond acceptors (Lipinski definition) is 5. The van der Waals surface area contributed by atoms with Crippen molar-refractivity contribution in [2.24, 2.45) is 0 Å². The van der Waals surface area contributed by atoms with E-state index in [0.29, 0.717) is 18.3 Å². The molecule has 0 aliphatic carbocycles. The minimum absolute atomic E-state index is 0.507. The van der Waals surface area contributed by atoms with E-state index in [9.17, 15) is 0 Å². The second-order valence-electron chi connectivity index (χ2n) is 3.23. The van der Waals surface area contributed by atoms with Gasteiger partial charge in [0.15, 0.2) is 5.82 Å². The first-order chi connectivity index (χ1) is 7.79. The molecule has 82 valence electrons. The molecule has 0 N–H and O–H groups in total. The summed E-state index contributed by atoms with van der Waals surface area (Å²) in [4.78, 5) is 0. The van der Waals surface area contributed by atoms with Crippen LogP contribution in [0.4, 0.5) is 0 Å². The lowest BCUT2D eigenvalue weighted by Gasteiger charge is -2.04. The number of aromatic nitrogens is 4. The summed E-state index contributed by atoms with van der Waals surface area (Å²) in [7, 11) is 0. The third-order valence-electron chi connectivity index (χ3n) is 1.98. The molecule has 0 atom stereocenters. The first kappa shape index (κ1) is 10.5. The maximum Gasteiger partial charge on any atom is 0.203 e. The summed E-state index contributed by atoms with van der Waals surface area (Å²) >= 11 is 0. The molecule has 0 bridgehead atoms. The Balaban J connectivity index is 2.32. The summed E-state index contributed by atoms with van der Waals surface area (Å²) in [5, 5.41) is 15.7. The van der Waals surface area contributed by atoms with Gasteiger partial charge in [0.1, 0.15) is 5.75 Å². The van der Waals surface area contributed by atoms with Crippen molar-refractivity contribution in [3.8, 4) is 17.1 Å². The van der Waals surface area contributed by atoms with Crippen LogP contribution in [0.5, 0.6) is 5.75 Å². The van der Waals surface area contributed by atoms with Gasteiger partial charge < -0.3 is 4.74 Å². The average Bonchev–Trinajstić information content (AvgIpc) is 2.31. The maximum absolute atomic E-state index is 5.40. The van der Waals surface area contributed by atoms with E-state index in [4.69, 9.17) is 4.74 Å². The molecule has 0 spiro atoms. The van der Waals surface area contributed by atoms with Gasteiger partial charge in [0, 0.05) is 5.56 Å². The number of benzene rings is 1.